The normalized spacial score (nSPS) is 15.2. The highest BCUT2D eigenvalue weighted by Crippen LogP contribution is 2.23. The standard InChI is InChI=1S/C10H14N2O2/c1-7-8-4-2-3-5-9(8)11-12(7)6-10(13)14/h2-6H2,1H3,(H,13,14). The Bertz CT molecular complexity index is 368. The topological polar surface area (TPSA) is 55.1 Å². The summed E-state index contributed by atoms with van der Waals surface area (Å²) in [6.07, 6.45) is 4.44. The molecule has 0 atom stereocenters. The third-order valence-corrected chi connectivity index (χ3v) is 2.79. The number of aromatic nitrogens is 2. The predicted octanol–water partition coefficient (Wildman–Crippen LogP) is 1.15. The maximum atomic E-state index is 10.6. The van der Waals surface area contributed by atoms with Crippen LogP contribution in [0.3, 0.4) is 0 Å². The van der Waals surface area contributed by atoms with Crippen LogP contribution in [0.1, 0.15) is 29.8 Å². The van der Waals surface area contributed by atoms with Crippen molar-refractivity contribution in [3.05, 3.63) is 17.0 Å². The number of hydrogen-bond acceptors (Lipinski definition) is 2. The lowest BCUT2D eigenvalue weighted by Gasteiger charge is -2.08. The van der Waals surface area contributed by atoms with E-state index >= 15 is 0 Å². The SMILES string of the molecule is Cc1c2c(nn1CC(=O)O)CCCC2. The Kier molecular flexibility index (Phi) is 2.27. The van der Waals surface area contributed by atoms with Gasteiger partial charge in [0.05, 0.1) is 5.69 Å². The zero-order valence-electron chi connectivity index (χ0n) is 8.29. The van der Waals surface area contributed by atoms with E-state index in [-0.39, 0.29) is 6.54 Å². The fourth-order valence-corrected chi connectivity index (χ4v) is 2.05. The second-order valence-electron chi connectivity index (χ2n) is 3.77. The lowest BCUT2D eigenvalue weighted by molar-refractivity contribution is -0.137. The summed E-state index contributed by atoms with van der Waals surface area (Å²) in [5.74, 6) is -0.826. The number of rotatable bonds is 2. The molecule has 0 unspecified atom stereocenters. The Morgan fingerprint density at radius 1 is 1.50 bits per heavy atom. The van der Waals surface area contributed by atoms with Crippen LogP contribution in [0, 0.1) is 6.92 Å². The largest absolute Gasteiger partial charge is 0.480 e. The van der Waals surface area contributed by atoms with E-state index in [9.17, 15) is 4.79 Å². The molecule has 4 nitrogen and oxygen atoms in total. The lowest BCUT2D eigenvalue weighted by atomic mass is 9.96. The zero-order chi connectivity index (χ0) is 10.1. The molecule has 0 aliphatic heterocycles. The molecule has 1 aliphatic rings. The van der Waals surface area contributed by atoms with E-state index in [0.29, 0.717) is 0 Å². The molecule has 0 saturated heterocycles. The molecule has 0 spiro atoms. The summed E-state index contributed by atoms with van der Waals surface area (Å²) in [4.78, 5) is 10.6. The van der Waals surface area contributed by atoms with Gasteiger partial charge in [-0.1, -0.05) is 0 Å². The molecule has 1 aromatic rings. The van der Waals surface area contributed by atoms with E-state index in [1.165, 1.54) is 18.4 Å². The number of carboxylic acid groups (broad SMARTS) is 1. The quantitative estimate of drug-likeness (QED) is 0.768. The Morgan fingerprint density at radius 3 is 2.86 bits per heavy atom. The van der Waals surface area contributed by atoms with Gasteiger partial charge in [0.1, 0.15) is 6.54 Å². The van der Waals surface area contributed by atoms with Crippen molar-refractivity contribution < 1.29 is 9.90 Å². The third kappa shape index (κ3) is 1.52. The molecule has 2 rings (SSSR count). The second-order valence-corrected chi connectivity index (χ2v) is 3.77. The first-order valence-corrected chi connectivity index (χ1v) is 4.95. The first kappa shape index (κ1) is 9.24. The van der Waals surface area contributed by atoms with Crippen molar-refractivity contribution in [1.29, 1.82) is 0 Å². The Labute approximate surface area is 82.5 Å². The van der Waals surface area contributed by atoms with Crippen LogP contribution >= 0.6 is 0 Å². The van der Waals surface area contributed by atoms with Crippen LogP contribution in [0.25, 0.3) is 0 Å². The molecule has 1 aliphatic carbocycles. The maximum absolute atomic E-state index is 10.6. The van der Waals surface area contributed by atoms with Crippen LogP contribution < -0.4 is 0 Å². The Balaban J connectivity index is 2.33. The third-order valence-electron chi connectivity index (χ3n) is 2.79. The average Bonchev–Trinajstić information content (AvgIpc) is 2.44. The second kappa shape index (κ2) is 3.44. The van der Waals surface area contributed by atoms with Crippen molar-refractivity contribution in [2.24, 2.45) is 0 Å². The molecule has 0 saturated carbocycles. The average molecular weight is 194 g/mol. The molecule has 1 aromatic heterocycles. The van der Waals surface area contributed by atoms with Gasteiger partial charge in [0.15, 0.2) is 0 Å². The minimum atomic E-state index is -0.826. The number of carboxylic acids is 1. The van der Waals surface area contributed by atoms with E-state index in [1.807, 2.05) is 6.92 Å². The smallest absolute Gasteiger partial charge is 0.325 e. The number of aryl methyl sites for hydroxylation is 1. The van der Waals surface area contributed by atoms with Gasteiger partial charge in [0.25, 0.3) is 0 Å². The number of hydrogen-bond donors (Lipinski definition) is 1. The molecule has 1 heterocycles. The Hall–Kier alpha value is -1.32. The van der Waals surface area contributed by atoms with Gasteiger partial charge in [-0.3, -0.25) is 9.48 Å². The highest BCUT2D eigenvalue weighted by Gasteiger charge is 2.18. The molecule has 0 fully saturated rings. The monoisotopic (exact) mass is 194 g/mol. The van der Waals surface area contributed by atoms with Gasteiger partial charge in [-0.2, -0.15) is 5.10 Å². The summed E-state index contributed by atoms with van der Waals surface area (Å²) in [5.41, 5.74) is 3.41. The molecule has 1 N–H and O–H groups in total. The molecule has 4 heteroatoms. The van der Waals surface area contributed by atoms with E-state index in [1.54, 1.807) is 4.68 Å². The van der Waals surface area contributed by atoms with Crippen LogP contribution in [-0.4, -0.2) is 20.9 Å². The van der Waals surface area contributed by atoms with Crippen LogP contribution in [0.2, 0.25) is 0 Å². The molecule has 76 valence electrons. The van der Waals surface area contributed by atoms with E-state index in [2.05, 4.69) is 5.10 Å². The first-order valence-electron chi connectivity index (χ1n) is 4.95. The lowest BCUT2D eigenvalue weighted by Crippen LogP contribution is -2.11. The van der Waals surface area contributed by atoms with Crippen LogP contribution in [0.4, 0.5) is 0 Å². The van der Waals surface area contributed by atoms with Crippen molar-refractivity contribution >= 4 is 5.97 Å². The van der Waals surface area contributed by atoms with E-state index in [0.717, 1.165) is 24.2 Å². The summed E-state index contributed by atoms with van der Waals surface area (Å²) in [7, 11) is 0. The number of fused-ring (bicyclic) bond motifs is 1. The summed E-state index contributed by atoms with van der Waals surface area (Å²) in [6.45, 7) is 1.94. The number of carbonyl (C=O) groups is 1. The minimum absolute atomic E-state index is 0.0150. The summed E-state index contributed by atoms with van der Waals surface area (Å²) < 4.78 is 1.61. The molecule has 0 radical (unpaired) electrons. The van der Waals surface area contributed by atoms with Gasteiger partial charge in [0, 0.05) is 5.69 Å². The van der Waals surface area contributed by atoms with Crippen molar-refractivity contribution in [2.75, 3.05) is 0 Å². The number of aliphatic carboxylic acids is 1. The van der Waals surface area contributed by atoms with Crippen molar-refractivity contribution in [2.45, 2.75) is 39.2 Å². The highest BCUT2D eigenvalue weighted by molar-refractivity contribution is 5.66. The van der Waals surface area contributed by atoms with Crippen molar-refractivity contribution in [3.8, 4) is 0 Å². The fraction of sp³-hybridized carbons (Fsp3) is 0.600. The van der Waals surface area contributed by atoms with Crippen molar-refractivity contribution in [1.82, 2.24) is 9.78 Å². The van der Waals surface area contributed by atoms with Gasteiger partial charge < -0.3 is 5.11 Å². The van der Waals surface area contributed by atoms with Gasteiger partial charge in [-0.05, 0) is 38.2 Å². The van der Waals surface area contributed by atoms with Crippen molar-refractivity contribution in [3.63, 3.8) is 0 Å². The highest BCUT2D eigenvalue weighted by atomic mass is 16.4. The first-order chi connectivity index (χ1) is 6.68. The fourth-order valence-electron chi connectivity index (χ4n) is 2.05. The van der Waals surface area contributed by atoms with E-state index < -0.39 is 5.97 Å². The molecule has 0 bridgehead atoms. The van der Waals surface area contributed by atoms with Crippen LogP contribution in [0.15, 0.2) is 0 Å². The van der Waals surface area contributed by atoms with Crippen LogP contribution in [0.5, 0.6) is 0 Å². The summed E-state index contributed by atoms with van der Waals surface area (Å²) in [5, 5.41) is 13.0. The summed E-state index contributed by atoms with van der Waals surface area (Å²) >= 11 is 0. The van der Waals surface area contributed by atoms with Gasteiger partial charge in [0.2, 0.25) is 0 Å². The minimum Gasteiger partial charge on any atom is -0.480 e. The van der Waals surface area contributed by atoms with E-state index in [4.69, 9.17) is 5.11 Å². The summed E-state index contributed by atoms with van der Waals surface area (Å²) in [6, 6.07) is 0. The number of nitrogens with zero attached hydrogens (tertiary/aromatic N) is 2. The van der Waals surface area contributed by atoms with Gasteiger partial charge in [-0.25, -0.2) is 0 Å². The molecule has 14 heavy (non-hydrogen) atoms. The maximum Gasteiger partial charge on any atom is 0.325 e. The molecular formula is C10H14N2O2. The molecule has 0 amide bonds. The predicted molar refractivity (Wildman–Crippen MR) is 51.2 cm³/mol. The van der Waals surface area contributed by atoms with Gasteiger partial charge in [-0.15, -0.1) is 0 Å². The molecular weight excluding hydrogens is 180 g/mol. The van der Waals surface area contributed by atoms with Crippen LogP contribution in [-0.2, 0) is 24.2 Å². The molecule has 0 aromatic carbocycles. The Morgan fingerprint density at radius 2 is 2.21 bits per heavy atom. The zero-order valence-corrected chi connectivity index (χ0v) is 8.29. The van der Waals surface area contributed by atoms with Gasteiger partial charge >= 0.3 is 5.97 Å².